The van der Waals surface area contributed by atoms with Crippen LogP contribution in [-0.2, 0) is 30.4 Å². The second-order valence-corrected chi connectivity index (χ2v) is 14.3. The molecular weight excluding hydrogens is 674 g/mol. The highest BCUT2D eigenvalue weighted by Crippen LogP contribution is 2.52. The van der Waals surface area contributed by atoms with E-state index in [9.17, 15) is 4.79 Å². The molecule has 1 fully saturated rings. The van der Waals surface area contributed by atoms with Crippen LogP contribution in [-0.4, -0.2) is 89.2 Å². The molecule has 0 unspecified atom stereocenters. The van der Waals surface area contributed by atoms with Crippen molar-refractivity contribution >= 4 is 6.09 Å². The molecule has 53 heavy (non-hydrogen) atoms. The van der Waals surface area contributed by atoms with Gasteiger partial charge in [0.15, 0.2) is 34.5 Å². The molecule has 0 radical (unpaired) electrons. The minimum absolute atomic E-state index is 0.0870. The van der Waals surface area contributed by atoms with Crippen LogP contribution < -0.4 is 28.4 Å². The van der Waals surface area contributed by atoms with Crippen molar-refractivity contribution < 1.29 is 38.0 Å². The zero-order valence-electron chi connectivity index (χ0n) is 31.1. The number of carbonyl (C=O) groups is 1. The minimum Gasteiger partial charge on any atom is -0.493 e. The Morgan fingerprint density at radius 3 is 2.13 bits per heavy atom. The van der Waals surface area contributed by atoms with E-state index < -0.39 is 6.09 Å². The summed E-state index contributed by atoms with van der Waals surface area (Å²) in [7, 11) is 9.20. The van der Waals surface area contributed by atoms with Gasteiger partial charge in [0.05, 0.1) is 27.9 Å². The summed E-state index contributed by atoms with van der Waals surface area (Å²) in [4.78, 5) is 20.0. The van der Waals surface area contributed by atoms with E-state index in [1.165, 1.54) is 16.7 Å². The van der Waals surface area contributed by atoms with Gasteiger partial charge in [0.2, 0.25) is 5.75 Å². The van der Waals surface area contributed by atoms with Crippen molar-refractivity contribution in [2.75, 3.05) is 68.4 Å². The number of methoxy groups -OCH3 is 3. The first-order valence-electron chi connectivity index (χ1n) is 18.3. The maximum absolute atomic E-state index is 13.8. The van der Waals surface area contributed by atoms with Gasteiger partial charge in [-0.1, -0.05) is 18.2 Å². The second-order valence-electron chi connectivity index (χ2n) is 14.3. The van der Waals surface area contributed by atoms with E-state index >= 15 is 0 Å². The molecule has 0 aliphatic carbocycles. The number of rotatable bonds is 4. The molecular formula is C42H47N3O8. The molecule has 4 aromatic rings. The molecule has 1 saturated heterocycles. The van der Waals surface area contributed by atoms with Gasteiger partial charge in [-0.25, -0.2) is 4.79 Å². The summed E-state index contributed by atoms with van der Waals surface area (Å²) < 4.78 is 43.2. The molecule has 1 amide bonds. The van der Waals surface area contributed by atoms with Crippen molar-refractivity contribution in [1.82, 2.24) is 14.7 Å². The molecule has 0 saturated carbocycles. The lowest BCUT2D eigenvalue weighted by Gasteiger charge is -2.37. The molecule has 11 nitrogen and oxygen atoms in total. The van der Waals surface area contributed by atoms with Crippen LogP contribution in [0.5, 0.6) is 46.0 Å². The number of ether oxygens (including phenoxy) is 7. The first-order chi connectivity index (χ1) is 25.8. The second kappa shape index (κ2) is 14.8. The van der Waals surface area contributed by atoms with Gasteiger partial charge in [-0.05, 0) is 116 Å². The number of carbonyl (C=O) groups excluding carboxylic acids is 1. The lowest BCUT2D eigenvalue weighted by atomic mass is 9.87. The molecule has 0 spiro atoms. The van der Waals surface area contributed by atoms with Crippen molar-refractivity contribution in [3.63, 3.8) is 0 Å². The Hall–Kier alpha value is -4.97. The Bertz CT molecular complexity index is 1990. The van der Waals surface area contributed by atoms with E-state index in [1.807, 2.05) is 30.3 Å². The van der Waals surface area contributed by atoms with Gasteiger partial charge in [0.1, 0.15) is 12.5 Å². The van der Waals surface area contributed by atoms with Gasteiger partial charge in [0.25, 0.3) is 0 Å². The van der Waals surface area contributed by atoms with E-state index in [0.717, 1.165) is 61.2 Å². The van der Waals surface area contributed by atoms with Gasteiger partial charge in [-0.2, -0.15) is 0 Å². The first-order valence-corrected chi connectivity index (χ1v) is 18.3. The van der Waals surface area contributed by atoms with Crippen molar-refractivity contribution in [2.24, 2.45) is 0 Å². The number of hydrogen-bond donors (Lipinski definition) is 0. The number of amides is 1. The van der Waals surface area contributed by atoms with Crippen LogP contribution in [0.15, 0.2) is 60.7 Å². The molecule has 2 atom stereocenters. The lowest BCUT2D eigenvalue weighted by molar-refractivity contribution is -0.00247. The average molecular weight is 722 g/mol. The lowest BCUT2D eigenvalue weighted by Crippen LogP contribution is -2.40. The topological polar surface area (TPSA) is 91.4 Å². The summed E-state index contributed by atoms with van der Waals surface area (Å²) in [5, 5.41) is 0. The normalized spacial score (nSPS) is 19.9. The summed E-state index contributed by atoms with van der Waals surface area (Å²) in [5.74, 6) is 4.27. The highest BCUT2D eigenvalue weighted by molar-refractivity contribution is 5.75. The van der Waals surface area contributed by atoms with Gasteiger partial charge < -0.3 is 33.2 Å². The predicted octanol–water partition coefficient (Wildman–Crippen LogP) is 7.33. The number of nitrogens with zero attached hydrogens (tertiary/aromatic N) is 3. The van der Waals surface area contributed by atoms with E-state index in [-0.39, 0.29) is 24.6 Å². The molecule has 5 aliphatic heterocycles. The van der Waals surface area contributed by atoms with Crippen LogP contribution in [0.2, 0.25) is 0 Å². The zero-order chi connectivity index (χ0) is 36.6. The average Bonchev–Trinajstić information content (AvgIpc) is 3.18. The molecule has 6 bridgehead atoms. The largest absolute Gasteiger partial charge is 0.493 e. The van der Waals surface area contributed by atoms with Crippen LogP contribution in [0.3, 0.4) is 0 Å². The molecule has 0 aromatic heterocycles. The number of benzene rings is 4. The van der Waals surface area contributed by atoms with Gasteiger partial charge in [-0.3, -0.25) is 14.7 Å². The molecule has 11 heteroatoms. The van der Waals surface area contributed by atoms with E-state index in [2.05, 4.69) is 54.2 Å². The quantitative estimate of drug-likeness (QED) is 0.213. The summed E-state index contributed by atoms with van der Waals surface area (Å²) in [6.07, 6.45) is 3.25. The number of hydrogen-bond acceptors (Lipinski definition) is 10. The number of likely N-dealkylation sites (N-methyl/N-ethyl adjacent to an activating group) is 2. The van der Waals surface area contributed by atoms with Crippen LogP contribution in [0.25, 0.3) is 0 Å². The van der Waals surface area contributed by atoms with Crippen molar-refractivity contribution in [3.8, 4) is 46.0 Å². The molecule has 0 N–H and O–H groups in total. The fourth-order valence-corrected chi connectivity index (χ4v) is 8.07. The maximum atomic E-state index is 13.8. The molecule has 5 heterocycles. The summed E-state index contributed by atoms with van der Waals surface area (Å²) in [6, 6.07) is 20.5. The highest BCUT2D eigenvalue weighted by Gasteiger charge is 2.36. The third-order valence-corrected chi connectivity index (χ3v) is 11.1. The maximum Gasteiger partial charge on any atom is 0.417 e. The third kappa shape index (κ3) is 6.85. The van der Waals surface area contributed by atoms with Crippen LogP contribution in [0, 0.1) is 0 Å². The standard InChI is InChI=1S/C42H47N3O8/c1-43-16-13-28-22-35(48-4)37-24-31(28)32(43)19-26-7-10-30(11-8-26)51-36-21-27(9-12-34(36)47-3)20-33-39-29(14-17-44(33)2)23-38(49-5)40(41(39)52-37)53-42(46)45-15-6-18-50-25-45/h7-12,21-24,32-33H,6,13-20,25H2,1-5H3/t32-,33-/m0/s1. The third-order valence-electron chi connectivity index (χ3n) is 11.1. The van der Waals surface area contributed by atoms with Crippen molar-refractivity contribution in [1.29, 1.82) is 0 Å². The Balaban J connectivity index is 1.35. The fraction of sp³-hybridized carbons (Fsp3) is 0.405. The van der Waals surface area contributed by atoms with Crippen LogP contribution in [0.1, 0.15) is 51.9 Å². The monoisotopic (exact) mass is 721 g/mol. The highest BCUT2D eigenvalue weighted by atomic mass is 16.6. The Morgan fingerprint density at radius 1 is 0.717 bits per heavy atom. The molecule has 5 aliphatic rings. The van der Waals surface area contributed by atoms with Crippen molar-refractivity contribution in [3.05, 3.63) is 94.0 Å². The van der Waals surface area contributed by atoms with Gasteiger partial charge >= 0.3 is 6.09 Å². The zero-order valence-corrected chi connectivity index (χ0v) is 31.1. The van der Waals surface area contributed by atoms with E-state index in [4.69, 9.17) is 33.2 Å². The van der Waals surface area contributed by atoms with E-state index in [1.54, 1.807) is 26.2 Å². The van der Waals surface area contributed by atoms with Gasteiger partial charge in [0, 0.05) is 37.3 Å². The smallest absolute Gasteiger partial charge is 0.417 e. The predicted molar refractivity (Wildman–Crippen MR) is 199 cm³/mol. The molecule has 278 valence electrons. The summed E-state index contributed by atoms with van der Waals surface area (Å²) in [6.45, 7) is 3.02. The van der Waals surface area contributed by atoms with Crippen LogP contribution >= 0.6 is 0 Å². The van der Waals surface area contributed by atoms with E-state index in [0.29, 0.717) is 54.1 Å². The number of fused-ring (bicyclic) bond motifs is 2. The van der Waals surface area contributed by atoms with Gasteiger partial charge in [-0.15, -0.1) is 0 Å². The summed E-state index contributed by atoms with van der Waals surface area (Å²) in [5.41, 5.74) is 6.62. The molecule has 9 rings (SSSR count). The van der Waals surface area contributed by atoms with Crippen molar-refractivity contribution in [2.45, 2.75) is 44.2 Å². The fourth-order valence-electron chi connectivity index (χ4n) is 8.07. The Kier molecular flexibility index (Phi) is 9.80. The minimum atomic E-state index is -0.523. The summed E-state index contributed by atoms with van der Waals surface area (Å²) >= 11 is 0. The first kappa shape index (κ1) is 35.1. The van der Waals surface area contributed by atoms with Crippen LogP contribution in [0.4, 0.5) is 4.79 Å². The Morgan fingerprint density at radius 2 is 1.40 bits per heavy atom. The molecule has 4 aromatic carbocycles. The SMILES string of the molecule is COc1ccc2cc1Oc1ccc(cc1)C[C@H]1c3cc(c(OC)cc3CCN1C)Oc1c(OC(=O)N3CCCOC3)c(OC)cc3c1[C@H](C2)N(C)CC3. The Labute approximate surface area is 310 Å².